The molecular weight excluding hydrogens is 250 g/mol. The first-order valence-electron chi connectivity index (χ1n) is 7.46. The first-order valence-corrected chi connectivity index (χ1v) is 7.46. The number of hydrogen-bond acceptors (Lipinski definition) is 3. The van der Waals surface area contributed by atoms with Crippen molar-refractivity contribution in [3.8, 4) is 5.75 Å². The quantitative estimate of drug-likeness (QED) is 0.913. The molecule has 1 fully saturated rings. The van der Waals surface area contributed by atoms with Crippen molar-refractivity contribution >= 4 is 0 Å². The zero-order valence-corrected chi connectivity index (χ0v) is 13.3. The Morgan fingerprint density at radius 2 is 1.60 bits per heavy atom. The second-order valence-corrected chi connectivity index (χ2v) is 7.04. The maximum absolute atomic E-state index is 9.45. The van der Waals surface area contributed by atoms with Crippen molar-refractivity contribution in [2.75, 3.05) is 13.1 Å². The van der Waals surface area contributed by atoms with Crippen molar-refractivity contribution in [1.82, 2.24) is 4.90 Å². The van der Waals surface area contributed by atoms with Crippen molar-refractivity contribution in [2.45, 2.75) is 58.3 Å². The Kier molecular flexibility index (Phi) is 4.12. The third-order valence-corrected chi connectivity index (χ3v) is 3.83. The Morgan fingerprint density at radius 1 is 1.10 bits per heavy atom. The van der Waals surface area contributed by atoms with E-state index in [1.807, 2.05) is 12.1 Å². The first kappa shape index (κ1) is 15.3. The Hall–Kier alpha value is -1.06. The Balaban J connectivity index is 2.24. The highest BCUT2D eigenvalue weighted by Crippen LogP contribution is 2.35. The molecular formula is C17H27NO2. The molecule has 0 aliphatic carbocycles. The maximum Gasteiger partial charge on any atom is 0.115 e. The van der Waals surface area contributed by atoms with Gasteiger partial charge in [-0.25, -0.2) is 0 Å². The zero-order valence-electron chi connectivity index (χ0n) is 13.3. The summed E-state index contributed by atoms with van der Waals surface area (Å²) in [5, 5.41) is 9.45. The highest BCUT2D eigenvalue weighted by atomic mass is 16.5. The number of hydrogen-bond donors (Lipinski definition) is 1. The summed E-state index contributed by atoms with van der Waals surface area (Å²) in [4.78, 5) is 2.51. The predicted octanol–water partition coefficient (Wildman–Crippen LogP) is 3.73. The fourth-order valence-electron chi connectivity index (χ4n) is 3.47. The summed E-state index contributed by atoms with van der Waals surface area (Å²) in [5.41, 5.74) is 0.997. The molecule has 3 heteroatoms. The van der Waals surface area contributed by atoms with Crippen molar-refractivity contribution in [2.24, 2.45) is 0 Å². The molecule has 1 atom stereocenters. The van der Waals surface area contributed by atoms with E-state index in [9.17, 15) is 5.11 Å². The average molecular weight is 277 g/mol. The average Bonchev–Trinajstić information content (AvgIpc) is 2.28. The second kappa shape index (κ2) is 5.38. The van der Waals surface area contributed by atoms with Crippen LogP contribution in [0.1, 0.15) is 52.6 Å². The summed E-state index contributed by atoms with van der Waals surface area (Å²) >= 11 is 0. The fraction of sp³-hybridized carbons (Fsp3) is 0.647. The van der Waals surface area contributed by atoms with Gasteiger partial charge in [0.25, 0.3) is 0 Å². The van der Waals surface area contributed by atoms with Crippen LogP contribution in [0.25, 0.3) is 0 Å². The number of morpholine rings is 1. The number of phenolic OH excluding ortho intramolecular Hbond substituents is 1. The van der Waals surface area contributed by atoms with E-state index in [4.69, 9.17) is 4.74 Å². The standard InChI is InChI=1S/C17H27NO2/c1-6-15(13-7-9-14(19)10-8-13)18-11-16(2,3)20-17(4,5)12-18/h7-10,15,19H,6,11-12H2,1-5H3. The zero-order chi connectivity index (χ0) is 15.0. The van der Waals surface area contributed by atoms with Gasteiger partial charge >= 0.3 is 0 Å². The summed E-state index contributed by atoms with van der Waals surface area (Å²) in [5.74, 6) is 0.325. The van der Waals surface area contributed by atoms with Gasteiger partial charge in [-0.1, -0.05) is 19.1 Å². The molecule has 1 unspecified atom stereocenters. The minimum Gasteiger partial charge on any atom is -0.508 e. The number of rotatable bonds is 3. The highest BCUT2D eigenvalue weighted by Gasteiger charge is 2.40. The van der Waals surface area contributed by atoms with Gasteiger partial charge in [-0.3, -0.25) is 4.90 Å². The second-order valence-electron chi connectivity index (χ2n) is 7.04. The molecule has 1 heterocycles. The molecule has 1 aliphatic heterocycles. The number of ether oxygens (including phenoxy) is 1. The van der Waals surface area contributed by atoms with Crippen LogP contribution < -0.4 is 0 Å². The Morgan fingerprint density at radius 3 is 2.05 bits per heavy atom. The molecule has 112 valence electrons. The van der Waals surface area contributed by atoms with Crippen LogP contribution in [-0.4, -0.2) is 34.3 Å². The molecule has 2 rings (SSSR count). The van der Waals surface area contributed by atoms with Crippen LogP contribution in [0, 0.1) is 0 Å². The molecule has 1 aromatic rings. The lowest BCUT2D eigenvalue weighted by atomic mass is 9.94. The fourth-order valence-corrected chi connectivity index (χ4v) is 3.47. The van der Waals surface area contributed by atoms with Crippen LogP contribution in [0.15, 0.2) is 24.3 Å². The lowest BCUT2D eigenvalue weighted by Crippen LogP contribution is -2.57. The third kappa shape index (κ3) is 3.53. The molecule has 3 nitrogen and oxygen atoms in total. The summed E-state index contributed by atoms with van der Waals surface area (Å²) in [6.45, 7) is 12.7. The van der Waals surface area contributed by atoms with Crippen LogP contribution in [0.5, 0.6) is 5.75 Å². The smallest absolute Gasteiger partial charge is 0.115 e. The van der Waals surface area contributed by atoms with Gasteiger partial charge in [-0.15, -0.1) is 0 Å². The molecule has 0 bridgehead atoms. The molecule has 0 aromatic heterocycles. The number of aromatic hydroxyl groups is 1. The maximum atomic E-state index is 9.45. The van der Waals surface area contributed by atoms with Crippen molar-refractivity contribution in [3.63, 3.8) is 0 Å². The van der Waals surface area contributed by atoms with E-state index < -0.39 is 0 Å². The van der Waals surface area contributed by atoms with E-state index in [0.29, 0.717) is 11.8 Å². The highest BCUT2D eigenvalue weighted by molar-refractivity contribution is 5.28. The SMILES string of the molecule is CCC(c1ccc(O)cc1)N1CC(C)(C)OC(C)(C)C1. The molecule has 1 N–H and O–H groups in total. The number of nitrogens with zero attached hydrogens (tertiary/aromatic N) is 1. The van der Waals surface area contributed by atoms with Gasteiger partial charge in [0.1, 0.15) is 5.75 Å². The normalized spacial score (nSPS) is 23.4. The Bertz CT molecular complexity index is 435. The van der Waals surface area contributed by atoms with Crippen LogP contribution in [0.4, 0.5) is 0 Å². The molecule has 1 aromatic carbocycles. The summed E-state index contributed by atoms with van der Waals surface area (Å²) in [6, 6.07) is 7.97. The van der Waals surface area contributed by atoms with E-state index in [1.54, 1.807) is 12.1 Å². The molecule has 0 spiro atoms. The number of phenols is 1. The van der Waals surface area contributed by atoms with E-state index in [2.05, 4.69) is 39.5 Å². The van der Waals surface area contributed by atoms with Crippen molar-refractivity contribution < 1.29 is 9.84 Å². The van der Waals surface area contributed by atoms with Gasteiger partial charge in [0.05, 0.1) is 11.2 Å². The van der Waals surface area contributed by atoms with Crippen LogP contribution in [-0.2, 0) is 4.74 Å². The first-order chi connectivity index (χ1) is 9.22. The van der Waals surface area contributed by atoms with Crippen LogP contribution in [0.3, 0.4) is 0 Å². The van der Waals surface area contributed by atoms with Gasteiger partial charge in [0.2, 0.25) is 0 Å². The number of benzene rings is 1. The van der Waals surface area contributed by atoms with Gasteiger partial charge in [-0.05, 0) is 51.8 Å². The summed E-state index contributed by atoms with van der Waals surface area (Å²) in [7, 11) is 0. The molecule has 1 aliphatic rings. The lowest BCUT2D eigenvalue weighted by Gasteiger charge is -2.49. The third-order valence-electron chi connectivity index (χ3n) is 3.83. The van der Waals surface area contributed by atoms with Crippen LogP contribution >= 0.6 is 0 Å². The summed E-state index contributed by atoms with van der Waals surface area (Å²) < 4.78 is 6.16. The molecule has 20 heavy (non-hydrogen) atoms. The van der Waals surface area contributed by atoms with Gasteiger partial charge < -0.3 is 9.84 Å². The van der Waals surface area contributed by atoms with E-state index in [0.717, 1.165) is 19.5 Å². The van der Waals surface area contributed by atoms with Gasteiger partial charge in [0, 0.05) is 19.1 Å². The van der Waals surface area contributed by atoms with Gasteiger partial charge in [-0.2, -0.15) is 0 Å². The monoisotopic (exact) mass is 277 g/mol. The molecule has 1 saturated heterocycles. The van der Waals surface area contributed by atoms with Crippen molar-refractivity contribution in [1.29, 1.82) is 0 Å². The lowest BCUT2D eigenvalue weighted by molar-refractivity contribution is -0.188. The Labute approximate surface area is 122 Å². The molecule has 0 radical (unpaired) electrons. The van der Waals surface area contributed by atoms with Crippen LogP contribution in [0.2, 0.25) is 0 Å². The topological polar surface area (TPSA) is 32.7 Å². The largest absolute Gasteiger partial charge is 0.508 e. The predicted molar refractivity (Wildman–Crippen MR) is 82.0 cm³/mol. The van der Waals surface area contributed by atoms with Gasteiger partial charge in [0.15, 0.2) is 0 Å². The minimum atomic E-state index is -0.133. The molecule has 0 amide bonds. The van der Waals surface area contributed by atoms with Crippen molar-refractivity contribution in [3.05, 3.63) is 29.8 Å². The summed E-state index contributed by atoms with van der Waals surface area (Å²) in [6.07, 6.45) is 1.05. The molecule has 0 saturated carbocycles. The van der Waals surface area contributed by atoms with E-state index >= 15 is 0 Å². The minimum absolute atomic E-state index is 0.133. The van der Waals surface area contributed by atoms with E-state index in [1.165, 1.54) is 5.56 Å². The van der Waals surface area contributed by atoms with E-state index in [-0.39, 0.29) is 11.2 Å².